The Hall–Kier alpha value is -3.43. The molecular formula is C30H35BrN6O2. The molecule has 2 aromatic carbocycles. The number of hydrogen-bond donors (Lipinski definition) is 2. The maximum atomic E-state index is 12.7. The average Bonchev–Trinajstić information content (AvgIpc) is 3.15. The fourth-order valence-electron chi connectivity index (χ4n) is 4.68. The van der Waals surface area contributed by atoms with Crippen LogP contribution in [0.15, 0.2) is 59.2 Å². The molecule has 1 fully saturated rings. The molecule has 0 bridgehead atoms. The number of likely N-dealkylation sites (tertiary alicyclic amines) is 1. The third kappa shape index (κ3) is 5.94. The lowest BCUT2D eigenvalue weighted by Crippen LogP contribution is -2.61. The van der Waals surface area contributed by atoms with Crippen LogP contribution >= 0.6 is 15.9 Å². The van der Waals surface area contributed by atoms with Gasteiger partial charge in [-0.2, -0.15) is 0 Å². The number of aromatic nitrogens is 3. The molecule has 0 unspecified atom stereocenters. The number of carbonyl (C=O) groups is 1. The number of fused-ring (bicyclic) bond motifs is 1. The number of imidazole rings is 1. The minimum absolute atomic E-state index is 0.00871. The Morgan fingerprint density at radius 1 is 1.08 bits per heavy atom. The van der Waals surface area contributed by atoms with Gasteiger partial charge in [0.25, 0.3) is 5.91 Å². The molecule has 204 valence electrons. The maximum Gasteiger partial charge on any atom is 0.270 e. The monoisotopic (exact) mass is 590 g/mol. The molecule has 1 amide bonds. The van der Waals surface area contributed by atoms with Crippen LogP contribution in [0, 0.1) is 0 Å². The fraction of sp³-hybridized carbons (Fsp3) is 0.367. The van der Waals surface area contributed by atoms with Crippen LogP contribution < -0.4 is 15.4 Å². The Morgan fingerprint density at radius 2 is 1.82 bits per heavy atom. The number of benzene rings is 2. The standard InChI is InChI=1S/C30H35BrN6O2/c1-18(2)37-16-20(17-37)33-28(38)26-15-22(11-12-32-26)39-21-8-10-27-25(14-21)35-29(36(27)6)34-19-7-9-24(31)23(13-19)30(3,4)5/h7-15,18,20H,16-17H2,1-6H3,(H,33,38)(H,34,35). The molecular weight excluding hydrogens is 556 g/mol. The van der Waals surface area contributed by atoms with Crippen molar-refractivity contribution in [1.82, 2.24) is 24.8 Å². The topological polar surface area (TPSA) is 84.3 Å². The van der Waals surface area contributed by atoms with Crippen LogP contribution in [0.3, 0.4) is 0 Å². The van der Waals surface area contributed by atoms with Crippen molar-refractivity contribution in [2.24, 2.45) is 7.05 Å². The van der Waals surface area contributed by atoms with E-state index in [4.69, 9.17) is 9.72 Å². The molecule has 0 aliphatic carbocycles. The zero-order chi connectivity index (χ0) is 27.9. The van der Waals surface area contributed by atoms with Crippen molar-refractivity contribution in [1.29, 1.82) is 0 Å². The molecule has 1 aliphatic rings. The van der Waals surface area contributed by atoms with Gasteiger partial charge in [-0.1, -0.05) is 36.7 Å². The summed E-state index contributed by atoms with van der Waals surface area (Å²) in [5, 5.41) is 6.51. The predicted octanol–water partition coefficient (Wildman–Crippen LogP) is 6.39. The number of nitrogens with one attached hydrogen (secondary N) is 2. The lowest BCUT2D eigenvalue weighted by Gasteiger charge is -2.42. The first-order valence-corrected chi connectivity index (χ1v) is 14.0. The van der Waals surface area contributed by atoms with Gasteiger partial charge in [-0.05, 0) is 61.2 Å². The number of amides is 1. The van der Waals surface area contributed by atoms with Crippen molar-refractivity contribution in [3.63, 3.8) is 0 Å². The quantitative estimate of drug-likeness (QED) is 0.259. The Morgan fingerprint density at radius 3 is 2.54 bits per heavy atom. The Labute approximate surface area is 237 Å². The first-order valence-electron chi connectivity index (χ1n) is 13.2. The van der Waals surface area contributed by atoms with Crippen molar-refractivity contribution in [2.45, 2.75) is 52.1 Å². The van der Waals surface area contributed by atoms with Gasteiger partial charge in [0, 0.05) is 54.7 Å². The summed E-state index contributed by atoms with van der Waals surface area (Å²) >= 11 is 3.67. The van der Waals surface area contributed by atoms with E-state index in [1.165, 1.54) is 5.56 Å². The van der Waals surface area contributed by atoms with Crippen molar-refractivity contribution in [3.8, 4) is 11.5 Å². The van der Waals surface area contributed by atoms with E-state index in [0.29, 0.717) is 23.2 Å². The minimum atomic E-state index is -0.188. The number of anilines is 2. The molecule has 39 heavy (non-hydrogen) atoms. The zero-order valence-electron chi connectivity index (χ0n) is 23.2. The van der Waals surface area contributed by atoms with Crippen LogP contribution in [0.4, 0.5) is 11.6 Å². The summed E-state index contributed by atoms with van der Waals surface area (Å²) in [5.41, 5.74) is 4.32. The van der Waals surface area contributed by atoms with Crippen LogP contribution in [0.2, 0.25) is 0 Å². The van der Waals surface area contributed by atoms with E-state index in [1.807, 2.05) is 35.9 Å². The summed E-state index contributed by atoms with van der Waals surface area (Å²) in [6, 6.07) is 16.1. The van der Waals surface area contributed by atoms with Gasteiger partial charge >= 0.3 is 0 Å². The SMILES string of the molecule is CC(C)N1CC(NC(=O)c2cc(Oc3ccc4c(c3)nc(Nc3ccc(Br)c(C(C)(C)C)c3)n4C)ccn2)C1. The normalized spacial score (nSPS) is 14.5. The van der Waals surface area contributed by atoms with E-state index in [0.717, 1.165) is 40.2 Å². The number of carbonyl (C=O) groups excluding carboxylic acids is 1. The van der Waals surface area contributed by atoms with E-state index >= 15 is 0 Å². The van der Waals surface area contributed by atoms with Crippen molar-refractivity contribution >= 4 is 44.5 Å². The van der Waals surface area contributed by atoms with Gasteiger partial charge in [0.05, 0.1) is 17.1 Å². The molecule has 0 radical (unpaired) electrons. The van der Waals surface area contributed by atoms with E-state index in [2.05, 4.69) is 83.2 Å². The molecule has 0 atom stereocenters. The number of ether oxygens (including phenoxy) is 1. The Kier molecular flexibility index (Phi) is 7.39. The largest absolute Gasteiger partial charge is 0.457 e. The van der Waals surface area contributed by atoms with Crippen LogP contribution in [-0.4, -0.2) is 50.5 Å². The van der Waals surface area contributed by atoms with E-state index in [1.54, 1.807) is 18.3 Å². The smallest absolute Gasteiger partial charge is 0.270 e. The highest BCUT2D eigenvalue weighted by atomic mass is 79.9. The highest BCUT2D eigenvalue weighted by Gasteiger charge is 2.30. The lowest BCUT2D eigenvalue weighted by atomic mass is 9.87. The van der Waals surface area contributed by atoms with Crippen molar-refractivity contribution in [3.05, 3.63) is 70.5 Å². The molecule has 8 nitrogen and oxygen atoms in total. The minimum Gasteiger partial charge on any atom is -0.457 e. The van der Waals surface area contributed by atoms with Gasteiger partial charge in [-0.15, -0.1) is 0 Å². The van der Waals surface area contributed by atoms with Crippen LogP contribution in [0.1, 0.15) is 50.7 Å². The second-order valence-electron chi connectivity index (χ2n) is 11.4. The number of hydrogen-bond acceptors (Lipinski definition) is 6. The van der Waals surface area contributed by atoms with Gasteiger partial charge in [-0.25, -0.2) is 4.98 Å². The number of nitrogens with zero attached hydrogens (tertiary/aromatic N) is 4. The summed E-state index contributed by atoms with van der Waals surface area (Å²) in [4.78, 5) is 24.1. The molecule has 1 aliphatic heterocycles. The maximum absolute atomic E-state index is 12.7. The third-order valence-electron chi connectivity index (χ3n) is 7.06. The lowest BCUT2D eigenvalue weighted by molar-refractivity contribution is 0.0710. The van der Waals surface area contributed by atoms with E-state index in [9.17, 15) is 4.79 Å². The summed E-state index contributed by atoms with van der Waals surface area (Å²) < 4.78 is 9.21. The number of pyridine rings is 1. The van der Waals surface area contributed by atoms with Crippen LogP contribution in [0.5, 0.6) is 11.5 Å². The fourth-order valence-corrected chi connectivity index (χ4v) is 5.52. The average molecular weight is 592 g/mol. The number of rotatable bonds is 7. The number of halogens is 1. The molecule has 2 N–H and O–H groups in total. The van der Waals surface area contributed by atoms with Crippen molar-refractivity contribution < 1.29 is 9.53 Å². The summed E-state index contributed by atoms with van der Waals surface area (Å²) in [7, 11) is 1.98. The number of aryl methyl sites for hydroxylation is 1. The molecule has 0 saturated carbocycles. The molecule has 3 heterocycles. The van der Waals surface area contributed by atoms with Crippen molar-refractivity contribution in [2.75, 3.05) is 18.4 Å². The third-order valence-corrected chi connectivity index (χ3v) is 7.75. The summed E-state index contributed by atoms with van der Waals surface area (Å²) in [6.45, 7) is 12.6. The molecule has 5 rings (SSSR count). The van der Waals surface area contributed by atoms with Crippen LogP contribution in [0.25, 0.3) is 11.0 Å². The second kappa shape index (κ2) is 10.6. The highest BCUT2D eigenvalue weighted by Crippen LogP contribution is 2.33. The van der Waals surface area contributed by atoms with Gasteiger partial charge in [0.15, 0.2) is 0 Å². The van der Waals surface area contributed by atoms with Crippen LogP contribution in [-0.2, 0) is 12.5 Å². The molecule has 2 aromatic heterocycles. The Bertz CT molecular complexity index is 1520. The zero-order valence-corrected chi connectivity index (χ0v) is 24.8. The van der Waals surface area contributed by atoms with Gasteiger partial charge in [0.1, 0.15) is 17.2 Å². The highest BCUT2D eigenvalue weighted by molar-refractivity contribution is 9.10. The Balaban J connectivity index is 1.30. The molecule has 0 spiro atoms. The molecule has 4 aromatic rings. The summed E-state index contributed by atoms with van der Waals surface area (Å²) in [6.07, 6.45) is 1.59. The van der Waals surface area contributed by atoms with E-state index < -0.39 is 0 Å². The predicted molar refractivity (Wildman–Crippen MR) is 159 cm³/mol. The second-order valence-corrected chi connectivity index (χ2v) is 12.3. The van der Waals surface area contributed by atoms with Gasteiger partial charge in [0.2, 0.25) is 5.95 Å². The van der Waals surface area contributed by atoms with E-state index in [-0.39, 0.29) is 17.4 Å². The summed E-state index contributed by atoms with van der Waals surface area (Å²) in [5.74, 6) is 1.73. The molecule has 1 saturated heterocycles. The van der Waals surface area contributed by atoms with Gasteiger partial charge in [-0.3, -0.25) is 14.7 Å². The first-order chi connectivity index (χ1) is 18.5. The van der Waals surface area contributed by atoms with Gasteiger partial charge < -0.3 is 19.9 Å². The first kappa shape index (κ1) is 27.1. The molecule has 9 heteroatoms.